The fraction of sp³-hybridized carbons (Fsp3) is 0.357. The van der Waals surface area contributed by atoms with E-state index in [1.165, 1.54) is 0 Å². The van der Waals surface area contributed by atoms with Crippen molar-refractivity contribution in [3.8, 4) is 0 Å². The summed E-state index contributed by atoms with van der Waals surface area (Å²) < 4.78 is 6.76. The van der Waals surface area contributed by atoms with Gasteiger partial charge in [-0.1, -0.05) is 0 Å². The molecular formula is C14H16N2O4. The molecular weight excluding hydrogens is 260 g/mol. The van der Waals surface area contributed by atoms with E-state index in [-0.39, 0.29) is 11.5 Å². The zero-order chi connectivity index (χ0) is 14.5. The van der Waals surface area contributed by atoms with Gasteiger partial charge in [0.15, 0.2) is 0 Å². The molecule has 0 saturated heterocycles. The van der Waals surface area contributed by atoms with E-state index < -0.39 is 5.97 Å². The summed E-state index contributed by atoms with van der Waals surface area (Å²) in [5, 5.41) is 8.92. The smallest absolute Gasteiger partial charge is 0.335 e. The maximum absolute atomic E-state index is 11.2. The van der Waals surface area contributed by atoms with Crippen LogP contribution < -0.4 is 0 Å². The molecule has 0 saturated carbocycles. The van der Waals surface area contributed by atoms with E-state index >= 15 is 0 Å². The average Bonchev–Trinajstić information content (AvgIpc) is 2.81. The lowest BCUT2D eigenvalue weighted by molar-refractivity contribution is -0.143. The van der Waals surface area contributed by atoms with Crippen LogP contribution in [-0.2, 0) is 16.1 Å². The quantitative estimate of drug-likeness (QED) is 0.817. The molecule has 0 bridgehead atoms. The Labute approximate surface area is 116 Å². The van der Waals surface area contributed by atoms with Gasteiger partial charge in [0.25, 0.3) is 0 Å². The highest BCUT2D eigenvalue weighted by molar-refractivity contribution is 5.92. The Bertz CT molecular complexity index is 633. The molecule has 0 aliphatic carbocycles. The van der Waals surface area contributed by atoms with Crippen LogP contribution in [0.1, 0.15) is 30.1 Å². The van der Waals surface area contributed by atoms with Crippen molar-refractivity contribution in [1.29, 1.82) is 0 Å². The molecule has 0 unspecified atom stereocenters. The van der Waals surface area contributed by atoms with E-state index in [4.69, 9.17) is 9.84 Å². The van der Waals surface area contributed by atoms with Crippen LogP contribution in [0.3, 0.4) is 0 Å². The van der Waals surface area contributed by atoms with Crippen LogP contribution in [0.5, 0.6) is 0 Å². The highest BCUT2D eigenvalue weighted by Crippen LogP contribution is 2.15. The Hall–Kier alpha value is -2.37. The molecule has 6 heteroatoms. The normalized spacial score (nSPS) is 10.7. The number of fused-ring (bicyclic) bond motifs is 1. The molecule has 2 aromatic rings. The molecule has 2 rings (SSSR count). The van der Waals surface area contributed by atoms with E-state index in [1.807, 2.05) is 4.57 Å². The maximum Gasteiger partial charge on any atom is 0.335 e. The maximum atomic E-state index is 11.2. The number of aromatic carboxylic acids is 1. The number of benzene rings is 1. The van der Waals surface area contributed by atoms with E-state index in [1.54, 1.807) is 31.5 Å². The number of ether oxygens (including phenoxy) is 1. The third-order valence-electron chi connectivity index (χ3n) is 2.95. The zero-order valence-electron chi connectivity index (χ0n) is 11.2. The van der Waals surface area contributed by atoms with Crippen molar-refractivity contribution in [3.05, 3.63) is 30.1 Å². The van der Waals surface area contributed by atoms with Crippen LogP contribution >= 0.6 is 0 Å². The zero-order valence-corrected chi connectivity index (χ0v) is 11.2. The highest BCUT2D eigenvalue weighted by atomic mass is 16.5. The molecule has 6 nitrogen and oxygen atoms in total. The first-order chi connectivity index (χ1) is 9.61. The summed E-state index contributed by atoms with van der Waals surface area (Å²) in [5.41, 5.74) is 1.72. The van der Waals surface area contributed by atoms with Gasteiger partial charge in [-0.15, -0.1) is 0 Å². The first-order valence-corrected chi connectivity index (χ1v) is 6.45. The first-order valence-electron chi connectivity index (χ1n) is 6.45. The monoisotopic (exact) mass is 276 g/mol. The van der Waals surface area contributed by atoms with Gasteiger partial charge in [0, 0.05) is 13.0 Å². The van der Waals surface area contributed by atoms with Gasteiger partial charge in [0.05, 0.1) is 29.5 Å². The summed E-state index contributed by atoms with van der Waals surface area (Å²) in [6.07, 6.45) is 2.67. The van der Waals surface area contributed by atoms with Crippen molar-refractivity contribution in [2.75, 3.05) is 6.61 Å². The minimum Gasteiger partial charge on any atom is -0.478 e. The van der Waals surface area contributed by atoms with Crippen LogP contribution in [-0.4, -0.2) is 33.2 Å². The molecule has 0 aliphatic heterocycles. The second-order valence-electron chi connectivity index (χ2n) is 4.36. The summed E-state index contributed by atoms with van der Waals surface area (Å²) in [6.45, 7) is 2.81. The molecule has 0 radical (unpaired) electrons. The number of aromatic nitrogens is 2. The second-order valence-corrected chi connectivity index (χ2v) is 4.36. The lowest BCUT2D eigenvalue weighted by atomic mass is 10.2. The number of esters is 1. The number of aryl methyl sites for hydroxylation is 1. The second kappa shape index (κ2) is 6.18. The molecule has 0 fully saturated rings. The van der Waals surface area contributed by atoms with Gasteiger partial charge in [0.1, 0.15) is 0 Å². The van der Waals surface area contributed by atoms with Gasteiger partial charge in [0.2, 0.25) is 0 Å². The van der Waals surface area contributed by atoms with Gasteiger partial charge < -0.3 is 14.4 Å². The molecule has 106 valence electrons. The molecule has 0 aliphatic rings. The number of hydrogen-bond acceptors (Lipinski definition) is 4. The number of carboxylic acids is 1. The number of rotatable bonds is 6. The summed E-state index contributed by atoms with van der Waals surface area (Å²) >= 11 is 0. The minimum atomic E-state index is -0.969. The Morgan fingerprint density at radius 3 is 2.90 bits per heavy atom. The number of nitrogens with zero attached hydrogens (tertiary/aromatic N) is 2. The fourth-order valence-corrected chi connectivity index (χ4v) is 2.00. The van der Waals surface area contributed by atoms with Crippen molar-refractivity contribution in [3.63, 3.8) is 0 Å². The Morgan fingerprint density at radius 1 is 1.40 bits per heavy atom. The molecule has 1 heterocycles. The van der Waals surface area contributed by atoms with Crippen LogP contribution in [0.25, 0.3) is 11.0 Å². The topological polar surface area (TPSA) is 81.4 Å². The predicted octanol–water partition coefficient (Wildman–Crippen LogP) is 2.08. The standard InChI is InChI=1S/C14H16N2O4/c1-2-20-13(17)4-3-7-16-9-15-11-8-10(14(18)19)5-6-12(11)16/h5-6,8-9H,2-4,7H2,1H3,(H,18,19). The van der Waals surface area contributed by atoms with Crippen molar-refractivity contribution >= 4 is 23.0 Å². The predicted molar refractivity (Wildman–Crippen MR) is 72.6 cm³/mol. The molecule has 0 atom stereocenters. The Morgan fingerprint density at radius 2 is 2.20 bits per heavy atom. The molecule has 1 aromatic carbocycles. The largest absolute Gasteiger partial charge is 0.478 e. The van der Waals surface area contributed by atoms with E-state index in [2.05, 4.69) is 4.98 Å². The molecule has 1 N–H and O–H groups in total. The number of hydrogen-bond donors (Lipinski definition) is 1. The van der Waals surface area contributed by atoms with E-state index in [0.29, 0.717) is 31.5 Å². The minimum absolute atomic E-state index is 0.204. The van der Waals surface area contributed by atoms with Crippen LogP contribution in [0.15, 0.2) is 24.5 Å². The summed E-state index contributed by atoms with van der Waals surface area (Å²) in [5.74, 6) is -1.17. The summed E-state index contributed by atoms with van der Waals surface area (Å²) in [7, 11) is 0. The highest BCUT2D eigenvalue weighted by Gasteiger charge is 2.08. The van der Waals surface area contributed by atoms with Gasteiger partial charge in [-0.2, -0.15) is 0 Å². The van der Waals surface area contributed by atoms with E-state index in [0.717, 1.165) is 5.52 Å². The first kappa shape index (κ1) is 14.0. The van der Waals surface area contributed by atoms with Crippen molar-refractivity contribution in [2.45, 2.75) is 26.3 Å². The van der Waals surface area contributed by atoms with Crippen LogP contribution in [0.4, 0.5) is 0 Å². The number of carbonyl (C=O) groups excluding carboxylic acids is 1. The Balaban J connectivity index is 2.04. The van der Waals surface area contributed by atoms with Gasteiger partial charge >= 0.3 is 11.9 Å². The van der Waals surface area contributed by atoms with Gasteiger partial charge in [-0.3, -0.25) is 4.79 Å². The fourth-order valence-electron chi connectivity index (χ4n) is 2.00. The number of imidazole rings is 1. The van der Waals surface area contributed by atoms with Crippen molar-refractivity contribution < 1.29 is 19.4 Å². The molecule has 1 aromatic heterocycles. The van der Waals surface area contributed by atoms with Crippen LogP contribution in [0, 0.1) is 0 Å². The number of carboxylic acid groups (broad SMARTS) is 1. The van der Waals surface area contributed by atoms with Crippen molar-refractivity contribution in [2.24, 2.45) is 0 Å². The third kappa shape index (κ3) is 3.14. The van der Waals surface area contributed by atoms with E-state index in [9.17, 15) is 9.59 Å². The van der Waals surface area contributed by atoms with Gasteiger partial charge in [-0.25, -0.2) is 9.78 Å². The number of carbonyl (C=O) groups is 2. The SMILES string of the molecule is CCOC(=O)CCCn1cnc2cc(C(=O)O)ccc21. The molecule has 0 spiro atoms. The van der Waals surface area contributed by atoms with Crippen molar-refractivity contribution in [1.82, 2.24) is 9.55 Å². The summed E-state index contributed by atoms with van der Waals surface area (Å²) in [6, 6.07) is 4.82. The summed E-state index contributed by atoms with van der Waals surface area (Å²) in [4.78, 5) is 26.3. The Kier molecular flexibility index (Phi) is 4.34. The van der Waals surface area contributed by atoms with Gasteiger partial charge in [-0.05, 0) is 31.5 Å². The average molecular weight is 276 g/mol. The molecule has 20 heavy (non-hydrogen) atoms. The third-order valence-corrected chi connectivity index (χ3v) is 2.95. The van der Waals surface area contributed by atoms with Crippen LogP contribution in [0.2, 0.25) is 0 Å². The molecule has 0 amide bonds. The lowest BCUT2D eigenvalue weighted by Gasteiger charge is -2.04. The lowest BCUT2D eigenvalue weighted by Crippen LogP contribution is -2.06.